The molecule has 4 aromatic heterocycles. The van der Waals surface area contributed by atoms with Crippen molar-refractivity contribution < 1.29 is 9.53 Å². The van der Waals surface area contributed by atoms with Crippen molar-refractivity contribution in [3.05, 3.63) is 68.5 Å². The van der Waals surface area contributed by atoms with E-state index >= 15 is 0 Å². The molecule has 0 saturated heterocycles. The lowest BCUT2D eigenvalue weighted by Crippen LogP contribution is -2.18. The first kappa shape index (κ1) is 17.1. The summed E-state index contributed by atoms with van der Waals surface area (Å²) in [5.74, 6) is -0.532. The number of esters is 1. The van der Waals surface area contributed by atoms with Crippen LogP contribution < -0.4 is 5.56 Å². The van der Waals surface area contributed by atoms with Crippen LogP contribution in [0.2, 0.25) is 0 Å². The van der Waals surface area contributed by atoms with Gasteiger partial charge in [-0.15, -0.1) is 11.3 Å². The second kappa shape index (κ2) is 6.56. The van der Waals surface area contributed by atoms with Gasteiger partial charge in [0.2, 0.25) is 0 Å². The summed E-state index contributed by atoms with van der Waals surface area (Å²) in [5, 5.41) is 0. The zero-order valence-corrected chi connectivity index (χ0v) is 16.2. The molecule has 0 N–H and O–H groups in total. The van der Waals surface area contributed by atoms with Gasteiger partial charge in [0.05, 0.1) is 5.69 Å². The maximum atomic E-state index is 12.6. The van der Waals surface area contributed by atoms with Crippen LogP contribution in [-0.4, -0.2) is 24.7 Å². The van der Waals surface area contributed by atoms with Crippen LogP contribution in [0.4, 0.5) is 0 Å². The number of carbonyl (C=O) groups excluding carboxylic acids is 1. The summed E-state index contributed by atoms with van der Waals surface area (Å²) in [6, 6.07) is 7.12. The Labute approximate surface area is 164 Å². The lowest BCUT2D eigenvalue weighted by atomic mass is 10.0. The van der Waals surface area contributed by atoms with Crippen LogP contribution >= 0.6 is 11.3 Å². The second-order valence-corrected chi connectivity index (χ2v) is 8.04. The molecule has 0 saturated carbocycles. The van der Waals surface area contributed by atoms with Gasteiger partial charge in [0.15, 0.2) is 10.7 Å². The molecule has 8 heteroatoms. The van der Waals surface area contributed by atoms with Gasteiger partial charge in [-0.3, -0.25) is 9.20 Å². The predicted molar refractivity (Wildman–Crippen MR) is 105 cm³/mol. The van der Waals surface area contributed by atoms with Crippen LogP contribution in [0.3, 0.4) is 0 Å². The van der Waals surface area contributed by atoms with Crippen LogP contribution in [0.25, 0.3) is 10.6 Å². The second-order valence-electron chi connectivity index (χ2n) is 6.98. The fraction of sp³-hybridized carbons (Fsp3) is 0.300. The number of aryl methyl sites for hydroxylation is 3. The Kier molecular flexibility index (Phi) is 4.01. The number of aromatic nitrogens is 4. The minimum atomic E-state index is -0.532. The number of fused-ring (bicyclic) bond motifs is 4. The molecule has 0 spiro atoms. The summed E-state index contributed by atoms with van der Waals surface area (Å²) in [5.41, 5.74) is 3.33. The third-order valence-corrected chi connectivity index (χ3v) is 6.21. The van der Waals surface area contributed by atoms with Crippen LogP contribution in [0.15, 0.2) is 35.3 Å². The zero-order valence-electron chi connectivity index (χ0n) is 15.3. The van der Waals surface area contributed by atoms with Crippen molar-refractivity contribution in [2.45, 2.75) is 39.2 Å². The van der Waals surface area contributed by atoms with E-state index < -0.39 is 5.97 Å². The van der Waals surface area contributed by atoms with Crippen LogP contribution in [0.1, 0.15) is 45.3 Å². The number of pyridine rings is 1. The molecule has 0 fully saturated rings. The van der Waals surface area contributed by atoms with Gasteiger partial charge < -0.3 is 9.14 Å². The Hall–Kier alpha value is -3.00. The van der Waals surface area contributed by atoms with Gasteiger partial charge in [-0.05, 0) is 44.7 Å². The highest BCUT2D eigenvalue weighted by molar-refractivity contribution is 7.17. The summed E-state index contributed by atoms with van der Waals surface area (Å²) in [7, 11) is 0. The van der Waals surface area contributed by atoms with Gasteiger partial charge in [0.1, 0.15) is 12.3 Å². The first-order valence-corrected chi connectivity index (χ1v) is 10.1. The highest BCUT2D eigenvalue weighted by atomic mass is 32.1. The molecule has 4 aromatic rings. The average molecular weight is 394 g/mol. The van der Waals surface area contributed by atoms with Crippen molar-refractivity contribution in [3.63, 3.8) is 0 Å². The van der Waals surface area contributed by atoms with Crippen molar-refractivity contribution >= 4 is 27.9 Å². The lowest BCUT2D eigenvalue weighted by Gasteiger charge is -2.10. The third kappa shape index (κ3) is 2.80. The quantitative estimate of drug-likeness (QED) is 0.499. The minimum Gasteiger partial charge on any atom is -0.454 e. The zero-order chi connectivity index (χ0) is 19.3. The van der Waals surface area contributed by atoms with E-state index in [0.29, 0.717) is 16.3 Å². The molecule has 0 bridgehead atoms. The van der Waals surface area contributed by atoms with Gasteiger partial charge in [0, 0.05) is 28.5 Å². The fourth-order valence-electron chi connectivity index (χ4n) is 3.68. The number of carbonyl (C=O) groups is 1. The Morgan fingerprint density at radius 3 is 2.96 bits per heavy atom. The van der Waals surface area contributed by atoms with E-state index in [-0.39, 0.29) is 17.9 Å². The van der Waals surface area contributed by atoms with Crippen molar-refractivity contribution in [3.8, 4) is 0 Å². The van der Waals surface area contributed by atoms with Crippen molar-refractivity contribution in [1.29, 1.82) is 0 Å². The molecule has 4 heterocycles. The molecule has 1 aliphatic carbocycles. The molecule has 0 aromatic carbocycles. The van der Waals surface area contributed by atoms with Gasteiger partial charge in [-0.1, -0.05) is 6.07 Å². The molecule has 0 atom stereocenters. The fourth-order valence-corrected chi connectivity index (χ4v) is 4.91. The van der Waals surface area contributed by atoms with Gasteiger partial charge in [-0.25, -0.2) is 14.8 Å². The van der Waals surface area contributed by atoms with E-state index in [1.165, 1.54) is 10.9 Å². The first-order chi connectivity index (χ1) is 13.6. The molecule has 7 nitrogen and oxygen atoms in total. The SMILES string of the molecule is Cc1cccc2nc(C(=O)OCc3cc(=O)n4c5c(sc4n3)CCCC5)cn12. The molecule has 0 unspecified atom stereocenters. The number of thiazole rings is 1. The molecule has 0 radical (unpaired) electrons. The Morgan fingerprint density at radius 1 is 1.25 bits per heavy atom. The van der Waals surface area contributed by atoms with Crippen LogP contribution in [0, 0.1) is 6.92 Å². The smallest absolute Gasteiger partial charge is 0.358 e. The Balaban J connectivity index is 1.40. The van der Waals surface area contributed by atoms with Crippen LogP contribution in [-0.2, 0) is 24.2 Å². The van der Waals surface area contributed by atoms with Crippen molar-refractivity contribution in [2.24, 2.45) is 0 Å². The Bertz CT molecular complexity index is 1280. The predicted octanol–water partition coefficient (Wildman–Crippen LogP) is 2.95. The lowest BCUT2D eigenvalue weighted by molar-refractivity contribution is 0.0461. The van der Waals surface area contributed by atoms with E-state index in [4.69, 9.17) is 4.74 Å². The standard InChI is InChI=1S/C20H18N4O3S/c1-12-5-4-8-17-22-14(10-23(12)17)19(26)27-11-13-9-18(25)24-15-6-2-3-7-16(15)28-20(24)21-13/h4-5,8-10H,2-3,6-7,11H2,1H3. The number of ether oxygens (including phenoxy) is 1. The number of nitrogens with zero attached hydrogens (tertiary/aromatic N) is 4. The van der Waals surface area contributed by atoms with E-state index in [0.717, 1.165) is 37.1 Å². The molecule has 0 aliphatic heterocycles. The molecule has 1 aliphatic rings. The number of hydrogen-bond acceptors (Lipinski definition) is 6. The average Bonchev–Trinajstić information content (AvgIpc) is 3.28. The topological polar surface area (TPSA) is 78.0 Å². The summed E-state index contributed by atoms with van der Waals surface area (Å²) in [6.45, 7) is 1.89. The highest BCUT2D eigenvalue weighted by Gasteiger charge is 2.19. The molecule has 142 valence electrons. The maximum Gasteiger partial charge on any atom is 0.358 e. The Morgan fingerprint density at radius 2 is 2.11 bits per heavy atom. The monoisotopic (exact) mass is 394 g/mol. The summed E-state index contributed by atoms with van der Waals surface area (Å²) >= 11 is 1.56. The molecule has 0 amide bonds. The normalized spacial score (nSPS) is 13.8. The van der Waals surface area contributed by atoms with E-state index in [2.05, 4.69) is 9.97 Å². The number of rotatable bonds is 3. The van der Waals surface area contributed by atoms with Gasteiger partial charge >= 0.3 is 5.97 Å². The van der Waals surface area contributed by atoms with E-state index in [1.54, 1.807) is 21.9 Å². The van der Waals surface area contributed by atoms with E-state index in [1.807, 2.05) is 29.5 Å². The summed E-state index contributed by atoms with van der Waals surface area (Å²) in [4.78, 5) is 35.7. The third-order valence-electron chi connectivity index (χ3n) is 5.07. The van der Waals surface area contributed by atoms with Crippen molar-refractivity contribution in [2.75, 3.05) is 0 Å². The molecular formula is C20H18N4O3S. The number of imidazole rings is 1. The minimum absolute atomic E-state index is 0.0556. The highest BCUT2D eigenvalue weighted by Crippen LogP contribution is 2.28. The van der Waals surface area contributed by atoms with Crippen LogP contribution in [0.5, 0.6) is 0 Å². The summed E-state index contributed by atoms with van der Waals surface area (Å²) in [6.07, 6.45) is 5.82. The maximum absolute atomic E-state index is 12.6. The molecular weight excluding hydrogens is 376 g/mol. The summed E-state index contributed by atoms with van der Waals surface area (Å²) < 4.78 is 8.91. The molecule has 28 heavy (non-hydrogen) atoms. The largest absolute Gasteiger partial charge is 0.454 e. The van der Waals surface area contributed by atoms with Gasteiger partial charge in [-0.2, -0.15) is 0 Å². The van der Waals surface area contributed by atoms with Crippen molar-refractivity contribution in [1.82, 2.24) is 18.8 Å². The van der Waals surface area contributed by atoms with E-state index in [9.17, 15) is 9.59 Å². The molecule has 5 rings (SSSR count). The van der Waals surface area contributed by atoms with Gasteiger partial charge in [0.25, 0.3) is 5.56 Å². The number of hydrogen-bond donors (Lipinski definition) is 0. The first-order valence-electron chi connectivity index (χ1n) is 9.25.